The summed E-state index contributed by atoms with van der Waals surface area (Å²) in [4.78, 5) is 0.738. The Morgan fingerprint density at radius 1 is 1.57 bits per heavy atom. The van der Waals surface area contributed by atoms with Gasteiger partial charge in [-0.25, -0.2) is 4.39 Å². The van der Waals surface area contributed by atoms with Crippen molar-refractivity contribution in [1.82, 2.24) is 0 Å². The maximum Gasteiger partial charge on any atom is 0.136 e. The van der Waals surface area contributed by atoms with E-state index in [-0.39, 0.29) is 12.2 Å². The Hall–Kier alpha value is -1.05. The van der Waals surface area contributed by atoms with Crippen molar-refractivity contribution in [2.24, 2.45) is 0 Å². The van der Waals surface area contributed by atoms with Crippen LogP contribution < -0.4 is 0 Å². The number of rotatable bonds is 1. The first-order chi connectivity index (χ1) is 6.74. The molecule has 0 atom stereocenters. The molecule has 0 radical (unpaired) electrons. The van der Waals surface area contributed by atoms with Crippen LogP contribution in [0.1, 0.15) is 5.56 Å². The van der Waals surface area contributed by atoms with Crippen molar-refractivity contribution in [2.45, 2.75) is 11.3 Å². The molecule has 1 heterocycles. The van der Waals surface area contributed by atoms with Gasteiger partial charge in [0.15, 0.2) is 0 Å². The number of hydrogen-bond acceptors (Lipinski definition) is 3. The molecule has 4 heteroatoms. The van der Waals surface area contributed by atoms with E-state index in [0.717, 1.165) is 9.60 Å². The van der Waals surface area contributed by atoms with Gasteiger partial charge in [0, 0.05) is 15.8 Å². The number of fused-ring (bicyclic) bond motifs is 1. The maximum absolute atomic E-state index is 13.7. The Morgan fingerprint density at radius 3 is 3.07 bits per heavy atom. The van der Waals surface area contributed by atoms with E-state index in [0.29, 0.717) is 10.9 Å². The maximum atomic E-state index is 13.7. The number of halogens is 1. The molecule has 0 aliphatic heterocycles. The van der Waals surface area contributed by atoms with Crippen LogP contribution in [-0.4, -0.2) is 0 Å². The van der Waals surface area contributed by atoms with Gasteiger partial charge >= 0.3 is 0 Å². The fourth-order valence-corrected chi connectivity index (χ4v) is 2.60. The lowest BCUT2D eigenvalue weighted by molar-refractivity contribution is 0.627. The van der Waals surface area contributed by atoms with Crippen LogP contribution in [-0.2, 0) is 6.42 Å². The molecule has 2 aromatic rings. The largest absolute Gasteiger partial charge is 0.206 e. The lowest BCUT2D eigenvalue weighted by Gasteiger charge is -2.02. The third kappa shape index (κ3) is 1.39. The molecular weight excluding hydrogens is 217 g/mol. The van der Waals surface area contributed by atoms with E-state index in [1.807, 2.05) is 11.4 Å². The van der Waals surface area contributed by atoms with Crippen LogP contribution in [0.5, 0.6) is 0 Å². The molecule has 1 nitrogen and oxygen atoms in total. The Labute approximate surface area is 90.2 Å². The molecule has 0 spiro atoms. The molecule has 0 unspecified atom stereocenters. The van der Waals surface area contributed by atoms with Gasteiger partial charge in [0.25, 0.3) is 0 Å². The van der Waals surface area contributed by atoms with E-state index in [4.69, 9.17) is 5.26 Å². The second kappa shape index (κ2) is 3.60. The minimum absolute atomic E-state index is 0.0885. The number of benzene rings is 1. The summed E-state index contributed by atoms with van der Waals surface area (Å²) in [6.07, 6.45) is 0.0885. The summed E-state index contributed by atoms with van der Waals surface area (Å²) in [6.45, 7) is 0. The first-order valence-corrected chi connectivity index (χ1v) is 5.31. The zero-order chi connectivity index (χ0) is 10.1. The second-order valence-electron chi connectivity index (χ2n) is 2.87. The zero-order valence-electron chi connectivity index (χ0n) is 7.12. The highest BCUT2D eigenvalue weighted by molar-refractivity contribution is 7.80. The minimum atomic E-state index is -0.291. The molecule has 0 bridgehead atoms. The van der Waals surface area contributed by atoms with Crippen LogP contribution in [0.4, 0.5) is 4.39 Å². The van der Waals surface area contributed by atoms with Crippen molar-refractivity contribution in [1.29, 1.82) is 5.26 Å². The van der Waals surface area contributed by atoms with Crippen LogP contribution >= 0.6 is 24.0 Å². The van der Waals surface area contributed by atoms with E-state index in [1.54, 1.807) is 12.1 Å². The number of thiophene rings is 1. The van der Waals surface area contributed by atoms with Gasteiger partial charge in [-0.3, -0.25) is 0 Å². The number of thiol groups is 1. The molecule has 2 rings (SSSR count). The predicted octanol–water partition coefficient (Wildman–Crippen LogP) is 3.40. The van der Waals surface area contributed by atoms with E-state index in [9.17, 15) is 4.39 Å². The summed E-state index contributed by atoms with van der Waals surface area (Å²) < 4.78 is 14.5. The lowest BCUT2D eigenvalue weighted by atomic mass is 10.1. The second-order valence-corrected chi connectivity index (χ2v) is 4.27. The first-order valence-electron chi connectivity index (χ1n) is 3.98. The summed E-state index contributed by atoms with van der Waals surface area (Å²) in [5.74, 6) is -0.291. The van der Waals surface area contributed by atoms with Crippen molar-refractivity contribution in [3.63, 3.8) is 0 Å². The molecule has 70 valence electrons. The van der Waals surface area contributed by atoms with E-state index < -0.39 is 0 Å². The van der Waals surface area contributed by atoms with E-state index in [1.165, 1.54) is 11.3 Å². The fourth-order valence-electron chi connectivity index (χ4n) is 1.36. The lowest BCUT2D eigenvalue weighted by Crippen LogP contribution is -1.89. The molecule has 0 saturated heterocycles. The zero-order valence-corrected chi connectivity index (χ0v) is 8.83. The summed E-state index contributed by atoms with van der Waals surface area (Å²) in [7, 11) is 0. The average Bonchev–Trinajstić information content (AvgIpc) is 2.63. The van der Waals surface area contributed by atoms with Crippen molar-refractivity contribution in [3.05, 3.63) is 28.9 Å². The van der Waals surface area contributed by atoms with E-state index in [2.05, 4.69) is 12.6 Å². The van der Waals surface area contributed by atoms with Crippen molar-refractivity contribution in [2.75, 3.05) is 0 Å². The normalized spacial score (nSPS) is 10.4. The van der Waals surface area contributed by atoms with Gasteiger partial charge in [-0.1, -0.05) is 0 Å². The molecule has 0 aliphatic carbocycles. The minimum Gasteiger partial charge on any atom is -0.206 e. The Morgan fingerprint density at radius 2 is 2.36 bits per heavy atom. The molecule has 1 aromatic heterocycles. The van der Waals surface area contributed by atoms with Gasteiger partial charge in [0.05, 0.1) is 17.2 Å². The summed E-state index contributed by atoms with van der Waals surface area (Å²) in [5.41, 5.74) is 0.420. The highest BCUT2D eigenvalue weighted by atomic mass is 32.1. The Bertz CT molecular complexity index is 525. The average molecular weight is 223 g/mol. The van der Waals surface area contributed by atoms with Crippen LogP contribution in [0.2, 0.25) is 0 Å². The van der Waals surface area contributed by atoms with Crippen molar-refractivity contribution >= 4 is 34.1 Å². The first kappa shape index (κ1) is 9.50. The van der Waals surface area contributed by atoms with E-state index >= 15 is 0 Å². The monoisotopic (exact) mass is 223 g/mol. The highest BCUT2D eigenvalue weighted by Crippen LogP contribution is 2.31. The van der Waals surface area contributed by atoms with Crippen molar-refractivity contribution in [3.8, 4) is 6.07 Å². The van der Waals surface area contributed by atoms with Gasteiger partial charge < -0.3 is 0 Å². The number of nitrogens with zero attached hydrogens (tertiary/aromatic N) is 1. The van der Waals surface area contributed by atoms with Gasteiger partial charge in [-0.15, -0.1) is 24.0 Å². The van der Waals surface area contributed by atoms with Gasteiger partial charge in [0.2, 0.25) is 0 Å². The number of hydrogen-bond donors (Lipinski definition) is 1. The topological polar surface area (TPSA) is 23.8 Å². The fraction of sp³-hybridized carbons (Fsp3) is 0.100. The van der Waals surface area contributed by atoms with Crippen LogP contribution in [0, 0.1) is 17.1 Å². The molecule has 0 N–H and O–H groups in total. The molecule has 0 aliphatic rings. The molecular formula is C10H6FNS2. The molecule has 0 fully saturated rings. The third-order valence-corrected chi connectivity index (χ3v) is 3.45. The SMILES string of the molecule is N#CCc1cc(S)c2sccc2c1F. The molecule has 14 heavy (non-hydrogen) atoms. The van der Waals surface area contributed by atoms with Crippen molar-refractivity contribution < 1.29 is 4.39 Å². The summed E-state index contributed by atoms with van der Waals surface area (Å²) >= 11 is 5.72. The van der Waals surface area contributed by atoms with Crippen LogP contribution in [0.25, 0.3) is 10.1 Å². The standard InChI is InChI=1S/C10H6FNS2/c11-9-6(1-3-12)5-8(13)10-7(9)2-4-14-10/h2,4-5,13H,1H2. The molecule has 0 amide bonds. The van der Waals surface area contributed by atoms with Gasteiger partial charge in [0.1, 0.15) is 5.82 Å². The van der Waals surface area contributed by atoms with Gasteiger partial charge in [-0.05, 0) is 17.5 Å². The predicted molar refractivity (Wildman–Crippen MR) is 58.4 cm³/mol. The van der Waals surface area contributed by atoms with Crippen LogP contribution in [0.15, 0.2) is 22.4 Å². The smallest absolute Gasteiger partial charge is 0.136 e. The molecule has 1 aromatic carbocycles. The Kier molecular flexibility index (Phi) is 2.44. The quantitative estimate of drug-likeness (QED) is 0.736. The molecule has 0 saturated carbocycles. The number of nitriles is 1. The van der Waals surface area contributed by atoms with Crippen LogP contribution in [0.3, 0.4) is 0 Å². The highest BCUT2D eigenvalue weighted by Gasteiger charge is 2.10. The Balaban J connectivity index is 2.76. The summed E-state index contributed by atoms with van der Waals surface area (Å²) in [6, 6.07) is 5.28. The third-order valence-electron chi connectivity index (χ3n) is 2.00. The summed E-state index contributed by atoms with van der Waals surface area (Å²) in [5, 5.41) is 10.9. The van der Waals surface area contributed by atoms with Gasteiger partial charge in [-0.2, -0.15) is 5.26 Å².